The molecule has 3 aromatic carbocycles. The topological polar surface area (TPSA) is 60.0 Å². The lowest BCUT2D eigenvalue weighted by Crippen LogP contribution is -2.43. The van der Waals surface area contributed by atoms with Crippen LogP contribution < -0.4 is 19.5 Å². The first-order valence-corrected chi connectivity index (χ1v) is 10.7. The van der Waals surface area contributed by atoms with E-state index in [2.05, 4.69) is 12.2 Å². The molecule has 0 fully saturated rings. The maximum absolute atomic E-state index is 13.2. The number of hydrogen-bond donors (Lipinski definition) is 1. The van der Waals surface area contributed by atoms with Gasteiger partial charge in [-0.25, -0.2) is 0 Å². The van der Waals surface area contributed by atoms with E-state index >= 15 is 0 Å². The highest BCUT2D eigenvalue weighted by Crippen LogP contribution is 2.35. The Labute approximate surface area is 188 Å². The summed E-state index contributed by atoms with van der Waals surface area (Å²) in [6.07, 6.45) is 0.604. The van der Waals surface area contributed by atoms with Gasteiger partial charge in [-0.1, -0.05) is 31.2 Å². The summed E-state index contributed by atoms with van der Waals surface area (Å²) in [4.78, 5) is 15.1. The van der Waals surface area contributed by atoms with Gasteiger partial charge in [0.05, 0.1) is 19.8 Å². The molecule has 166 valence electrons. The Morgan fingerprint density at radius 1 is 0.938 bits per heavy atom. The van der Waals surface area contributed by atoms with Crippen molar-refractivity contribution in [2.45, 2.75) is 26.1 Å². The number of nitrogens with one attached hydrogen (secondary N) is 1. The Hall–Kier alpha value is -3.67. The van der Waals surface area contributed by atoms with Gasteiger partial charge >= 0.3 is 0 Å². The molecule has 1 aliphatic heterocycles. The molecule has 0 aromatic heterocycles. The predicted molar refractivity (Wildman–Crippen MR) is 124 cm³/mol. The summed E-state index contributed by atoms with van der Waals surface area (Å²) < 4.78 is 16.9. The van der Waals surface area contributed by atoms with Gasteiger partial charge in [-0.05, 0) is 48.4 Å². The molecule has 1 aliphatic rings. The number of para-hydroxylation sites is 1. The molecular weight excluding hydrogens is 404 g/mol. The zero-order valence-corrected chi connectivity index (χ0v) is 18.6. The van der Waals surface area contributed by atoms with Crippen LogP contribution in [0.2, 0.25) is 0 Å². The standard InChI is InChI=1S/C26H28N2O4/c1-4-14-28-25(27-23-11-6-5-10-22(23)26(28)29)18-12-13-24(31-3)19(15-18)17-32-21-9-7-8-20(16-21)30-2/h5-13,15-16,25,27H,4,14,17H2,1-3H3/t25-/m1/s1. The van der Waals surface area contributed by atoms with Crippen molar-refractivity contribution < 1.29 is 19.0 Å². The van der Waals surface area contributed by atoms with E-state index in [1.807, 2.05) is 71.6 Å². The minimum Gasteiger partial charge on any atom is -0.497 e. The lowest BCUT2D eigenvalue weighted by atomic mass is 10.0. The third-order valence-electron chi connectivity index (χ3n) is 5.54. The quantitative estimate of drug-likeness (QED) is 0.526. The lowest BCUT2D eigenvalue weighted by molar-refractivity contribution is 0.0683. The molecule has 1 heterocycles. The van der Waals surface area contributed by atoms with Crippen LogP contribution in [0.15, 0.2) is 66.7 Å². The molecule has 4 rings (SSSR count). The second-order valence-corrected chi connectivity index (χ2v) is 7.63. The van der Waals surface area contributed by atoms with E-state index in [-0.39, 0.29) is 12.1 Å². The van der Waals surface area contributed by atoms with Crippen molar-refractivity contribution in [1.82, 2.24) is 4.90 Å². The molecule has 0 bridgehead atoms. The van der Waals surface area contributed by atoms with Gasteiger partial charge in [-0.2, -0.15) is 0 Å². The average Bonchev–Trinajstić information content (AvgIpc) is 2.84. The van der Waals surface area contributed by atoms with E-state index in [0.717, 1.165) is 34.7 Å². The summed E-state index contributed by atoms with van der Waals surface area (Å²) in [5, 5.41) is 3.54. The van der Waals surface area contributed by atoms with Gasteiger partial charge in [0.15, 0.2) is 0 Å². The molecule has 0 spiro atoms. The number of rotatable bonds is 8. The van der Waals surface area contributed by atoms with Crippen molar-refractivity contribution in [3.05, 3.63) is 83.4 Å². The molecule has 0 aliphatic carbocycles. The maximum Gasteiger partial charge on any atom is 0.257 e. The normalized spacial score (nSPS) is 15.0. The maximum atomic E-state index is 13.2. The fourth-order valence-electron chi connectivity index (χ4n) is 3.96. The minimum absolute atomic E-state index is 0.0381. The van der Waals surface area contributed by atoms with Gasteiger partial charge in [0.1, 0.15) is 30.0 Å². The van der Waals surface area contributed by atoms with Gasteiger partial charge in [0, 0.05) is 23.9 Å². The molecule has 6 heteroatoms. The largest absolute Gasteiger partial charge is 0.497 e. The van der Waals surface area contributed by atoms with Gasteiger partial charge in [-0.15, -0.1) is 0 Å². The van der Waals surface area contributed by atoms with Crippen LogP contribution in [0.4, 0.5) is 5.69 Å². The zero-order chi connectivity index (χ0) is 22.5. The molecule has 0 saturated carbocycles. The summed E-state index contributed by atoms with van der Waals surface area (Å²) in [5.74, 6) is 2.23. The van der Waals surface area contributed by atoms with E-state index in [1.165, 1.54) is 0 Å². The van der Waals surface area contributed by atoms with Gasteiger partial charge in [0.2, 0.25) is 0 Å². The number of amides is 1. The van der Waals surface area contributed by atoms with Crippen molar-refractivity contribution in [2.24, 2.45) is 0 Å². The highest BCUT2D eigenvalue weighted by atomic mass is 16.5. The Morgan fingerprint density at radius 3 is 2.53 bits per heavy atom. The van der Waals surface area contributed by atoms with Crippen LogP contribution in [0.3, 0.4) is 0 Å². The van der Waals surface area contributed by atoms with Crippen LogP contribution in [0, 0.1) is 0 Å². The first-order valence-electron chi connectivity index (χ1n) is 10.7. The monoisotopic (exact) mass is 432 g/mol. The fourth-order valence-corrected chi connectivity index (χ4v) is 3.96. The number of hydrogen-bond acceptors (Lipinski definition) is 5. The number of nitrogens with zero attached hydrogens (tertiary/aromatic N) is 1. The van der Waals surface area contributed by atoms with E-state index in [9.17, 15) is 4.79 Å². The zero-order valence-electron chi connectivity index (χ0n) is 18.6. The molecule has 3 aromatic rings. The summed E-state index contributed by atoms with van der Waals surface area (Å²) in [5.41, 5.74) is 3.43. The smallest absolute Gasteiger partial charge is 0.257 e. The van der Waals surface area contributed by atoms with E-state index in [0.29, 0.717) is 24.5 Å². The van der Waals surface area contributed by atoms with Gasteiger partial charge in [0.25, 0.3) is 5.91 Å². The molecule has 0 unspecified atom stereocenters. The van der Waals surface area contributed by atoms with Crippen LogP contribution in [-0.4, -0.2) is 31.6 Å². The highest BCUT2D eigenvalue weighted by molar-refractivity contribution is 6.01. The molecule has 1 atom stereocenters. The second-order valence-electron chi connectivity index (χ2n) is 7.63. The van der Waals surface area contributed by atoms with E-state index in [4.69, 9.17) is 14.2 Å². The lowest BCUT2D eigenvalue weighted by Gasteiger charge is -2.38. The Kier molecular flexibility index (Phi) is 6.50. The summed E-state index contributed by atoms with van der Waals surface area (Å²) in [6.45, 7) is 3.06. The Morgan fingerprint density at radius 2 is 1.75 bits per heavy atom. The highest BCUT2D eigenvalue weighted by Gasteiger charge is 2.32. The first kappa shape index (κ1) is 21.6. The minimum atomic E-state index is -0.265. The molecule has 32 heavy (non-hydrogen) atoms. The number of ether oxygens (including phenoxy) is 3. The summed E-state index contributed by atoms with van der Waals surface area (Å²) in [6, 6.07) is 21.1. The third kappa shape index (κ3) is 4.35. The first-order chi connectivity index (χ1) is 15.6. The van der Waals surface area contributed by atoms with E-state index < -0.39 is 0 Å². The van der Waals surface area contributed by atoms with Crippen molar-refractivity contribution in [3.8, 4) is 17.2 Å². The fraction of sp³-hybridized carbons (Fsp3) is 0.269. The van der Waals surface area contributed by atoms with Crippen LogP contribution in [-0.2, 0) is 6.61 Å². The van der Waals surface area contributed by atoms with Crippen LogP contribution in [0.1, 0.15) is 41.0 Å². The summed E-state index contributed by atoms with van der Waals surface area (Å²) in [7, 11) is 3.27. The summed E-state index contributed by atoms with van der Waals surface area (Å²) >= 11 is 0. The van der Waals surface area contributed by atoms with Crippen LogP contribution >= 0.6 is 0 Å². The molecule has 1 amide bonds. The number of fused-ring (bicyclic) bond motifs is 1. The number of benzene rings is 3. The van der Waals surface area contributed by atoms with Crippen LogP contribution in [0.25, 0.3) is 0 Å². The number of carbonyl (C=O) groups excluding carboxylic acids is 1. The predicted octanol–water partition coefficient (Wildman–Crippen LogP) is 5.26. The van der Waals surface area contributed by atoms with E-state index in [1.54, 1.807) is 14.2 Å². The second kappa shape index (κ2) is 9.64. The van der Waals surface area contributed by atoms with Gasteiger partial charge in [-0.3, -0.25) is 4.79 Å². The Balaban J connectivity index is 1.63. The van der Waals surface area contributed by atoms with Crippen molar-refractivity contribution >= 4 is 11.6 Å². The van der Waals surface area contributed by atoms with Crippen molar-refractivity contribution in [1.29, 1.82) is 0 Å². The van der Waals surface area contributed by atoms with Gasteiger partial charge < -0.3 is 24.4 Å². The average molecular weight is 433 g/mol. The molecule has 6 nitrogen and oxygen atoms in total. The number of methoxy groups -OCH3 is 2. The molecule has 1 N–H and O–H groups in total. The van der Waals surface area contributed by atoms with Crippen molar-refractivity contribution in [3.63, 3.8) is 0 Å². The molecule has 0 radical (unpaired) electrons. The van der Waals surface area contributed by atoms with Crippen LogP contribution in [0.5, 0.6) is 17.2 Å². The Bertz CT molecular complexity index is 1100. The molecular formula is C26H28N2O4. The number of carbonyl (C=O) groups is 1. The SMILES string of the molecule is CCCN1C(=O)c2ccccc2N[C@H]1c1ccc(OC)c(COc2cccc(OC)c2)c1. The third-order valence-corrected chi connectivity index (χ3v) is 5.54. The number of anilines is 1. The van der Waals surface area contributed by atoms with Crippen molar-refractivity contribution in [2.75, 3.05) is 26.1 Å². The molecule has 0 saturated heterocycles.